The minimum absolute atomic E-state index is 0.0144. The van der Waals surface area contributed by atoms with Gasteiger partial charge in [-0.3, -0.25) is 18.9 Å². The van der Waals surface area contributed by atoms with Gasteiger partial charge in [-0.15, -0.1) is 0 Å². The van der Waals surface area contributed by atoms with E-state index >= 15 is 0 Å². The van der Waals surface area contributed by atoms with Crippen molar-refractivity contribution in [2.75, 3.05) is 20.3 Å². The second-order valence-electron chi connectivity index (χ2n) is 7.93. The molecule has 3 atom stereocenters. The van der Waals surface area contributed by atoms with Crippen LogP contribution in [0.1, 0.15) is 23.2 Å². The number of para-hydroxylation sites is 1. The summed E-state index contributed by atoms with van der Waals surface area (Å²) in [6, 6.07) is 10.9. The van der Waals surface area contributed by atoms with Gasteiger partial charge < -0.3 is 10.1 Å². The molecule has 0 radical (unpaired) electrons. The number of hydrogen-bond donors (Lipinski definition) is 1. The minimum atomic E-state index is -0.0144. The molecule has 1 aromatic carbocycles. The summed E-state index contributed by atoms with van der Waals surface area (Å²) in [4.78, 5) is 15.6. The molecule has 2 bridgehead atoms. The van der Waals surface area contributed by atoms with Crippen LogP contribution in [0.4, 0.5) is 0 Å². The second-order valence-corrected chi connectivity index (χ2v) is 7.93. The maximum absolute atomic E-state index is 13.2. The van der Waals surface area contributed by atoms with Crippen LogP contribution in [0.25, 0.3) is 16.7 Å². The standard InChI is InChI=1S/C21H25N5O2/c1-24-8-7-20(23-24)26-11-18(17-5-3-4-6-19(17)26)21(27)22-14-9-15-12-28-13-16(10-14)25(15)2/h3-8,11,14-16H,9-10,12-13H2,1-2H3,(H,22,27)/t14-,15-,16+. The monoisotopic (exact) mass is 379 g/mol. The number of carbonyl (C=O) groups is 1. The van der Waals surface area contributed by atoms with E-state index in [0.29, 0.717) is 17.6 Å². The fourth-order valence-corrected chi connectivity index (χ4v) is 4.56. The van der Waals surface area contributed by atoms with Gasteiger partial charge in [0, 0.05) is 49.0 Å². The SMILES string of the molecule is CN1[C@@H]2COC[C@H]1C[C@@H](NC(=O)c1cn(-c3ccn(C)n3)c3ccccc13)C2. The van der Waals surface area contributed by atoms with Crippen LogP contribution in [-0.2, 0) is 11.8 Å². The number of amides is 1. The van der Waals surface area contributed by atoms with Gasteiger partial charge >= 0.3 is 0 Å². The molecule has 0 saturated carbocycles. The van der Waals surface area contributed by atoms with Crippen LogP contribution in [0.2, 0.25) is 0 Å². The number of fused-ring (bicyclic) bond motifs is 3. The number of benzene rings is 1. The topological polar surface area (TPSA) is 64.3 Å². The average Bonchev–Trinajstić information content (AvgIpc) is 3.26. The predicted molar refractivity (Wildman–Crippen MR) is 107 cm³/mol. The van der Waals surface area contributed by atoms with Crippen molar-refractivity contribution in [3.8, 4) is 5.82 Å². The molecule has 0 unspecified atom stereocenters. The highest BCUT2D eigenvalue weighted by atomic mass is 16.5. The lowest BCUT2D eigenvalue weighted by Gasteiger charge is -2.46. The van der Waals surface area contributed by atoms with E-state index in [-0.39, 0.29) is 11.9 Å². The smallest absolute Gasteiger partial charge is 0.253 e. The maximum Gasteiger partial charge on any atom is 0.253 e. The predicted octanol–water partition coefficient (Wildman–Crippen LogP) is 1.96. The van der Waals surface area contributed by atoms with Gasteiger partial charge in [-0.2, -0.15) is 5.10 Å². The molecule has 3 aromatic rings. The van der Waals surface area contributed by atoms with Crippen molar-refractivity contribution in [2.45, 2.75) is 31.0 Å². The number of rotatable bonds is 3. The molecule has 0 aliphatic carbocycles. The van der Waals surface area contributed by atoms with Crippen molar-refractivity contribution in [2.24, 2.45) is 7.05 Å². The zero-order valence-electron chi connectivity index (χ0n) is 16.2. The van der Waals surface area contributed by atoms with Gasteiger partial charge in [-0.05, 0) is 26.0 Å². The Morgan fingerprint density at radius 1 is 1.14 bits per heavy atom. The van der Waals surface area contributed by atoms with E-state index < -0.39 is 0 Å². The van der Waals surface area contributed by atoms with Gasteiger partial charge in [0.2, 0.25) is 0 Å². The quantitative estimate of drug-likeness (QED) is 0.756. The van der Waals surface area contributed by atoms with Crippen molar-refractivity contribution in [1.29, 1.82) is 0 Å². The Kier molecular flexibility index (Phi) is 4.21. The summed E-state index contributed by atoms with van der Waals surface area (Å²) in [6.45, 7) is 1.50. The number of morpholine rings is 1. The summed E-state index contributed by atoms with van der Waals surface area (Å²) in [5.74, 6) is 0.795. The first kappa shape index (κ1) is 17.5. The Bertz CT molecular complexity index is 1010. The van der Waals surface area contributed by atoms with Crippen molar-refractivity contribution >= 4 is 16.8 Å². The summed E-state index contributed by atoms with van der Waals surface area (Å²) in [7, 11) is 4.06. The first-order chi connectivity index (χ1) is 13.6. The van der Waals surface area contributed by atoms with Gasteiger partial charge in [-0.25, -0.2) is 0 Å². The van der Waals surface area contributed by atoms with Crippen molar-refractivity contribution in [3.05, 3.63) is 48.3 Å². The van der Waals surface area contributed by atoms with Crippen LogP contribution in [0, 0.1) is 0 Å². The minimum Gasteiger partial charge on any atom is -0.378 e. The Balaban J connectivity index is 1.44. The molecule has 7 nitrogen and oxygen atoms in total. The zero-order valence-corrected chi connectivity index (χ0v) is 16.2. The van der Waals surface area contributed by atoms with E-state index in [4.69, 9.17) is 4.74 Å². The number of piperidine rings is 1. The molecule has 4 heterocycles. The summed E-state index contributed by atoms with van der Waals surface area (Å²) in [5, 5.41) is 8.73. The Morgan fingerprint density at radius 3 is 2.61 bits per heavy atom. The Hall–Kier alpha value is -2.64. The van der Waals surface area contributed by atoms with Crippen LogP contribution < -0.4 is 5.32 Å². The molecule has 5 rings (SSSR count). The maximum atomic E-state index is 13.2. The molecule has 7 heteroatoms. The first-order valence-corrected chi connectivity index (χ1v) is 9.81. The third-order valence-electron chi connectivity index (χ3n) is 6.12. The summed E-state index contributed by atoms with van der Waals surface area (Å²) in [6.07, 6.45) is 5.67. The molecule has 2 aliphatic heterocycles. The second kappa shape index (κ2) is 6.76. The highest BCUT2D eigenvalue weighted by molar-refractivity contribution is 6.07. The molecule has 28 heavy (non-hydrogen) atoms. The highest BCUT2D eigenvalue weighted by Crippen LogP contribution is 2.28. The molecular weight excluding hydrogens is 354 g/mol. The molecule has 2 fully saturated rings. The van der Waals surface area contributed by atoms with Crippen LogP contribution in [-0.4, -0.2) is 63.5 Å². The van der Waals surface area contributed by atoms with Gasteiger partial charge in [-0.1, -0.05) is 18.2 Å². The van der Waals surface area contributed by atoms with Crippen molar-refractivity contribution in [3.63, 3.8) is 0 Å². The lowest BCUT2D eigenvalue weighted by atomic mass is 9.90. The Morgan fingerprint density at radius 2 is 1.89 bits per heavy atom. The number of hydrogen-bond acceptors (Lipinski definition) is 4. The van der Waals surface area contributed by atoms with Crippen molar-refractivity contribution in [1.82, 2.24) is 24.6 Å². The number of ether oxygens (including phenoxy) is 1. The average molecular weight is 379 g/mol. The normalized spacial score (nSPS) is 25.1. The summed E-state index contributed by atoms with van der Waals surface area (Å²) in [5.41, 5.74) is 1.68. The zero-order chi connectivity index (χ0) is 19.3. The molecule has 2 aliphatic rings. The lowest BCUT2D eigenvalue weighted by Crippen LogP contribution is -2.59. The van der Waals surface area contributed by atoms with Crippen LogP contribution in [0.5, 0.6) is 0 Å². The van der Waals surface area contributed by atoms with E-state index in [1.54, 1.807) is 4.68 Å². The third-order valence-corrected chi connectivity index (χ3v) is 6.12. The molecule has 1 amide bonds. The molecule has 0 spiro atoms. The number of nitrogens with zero attached hydrogens (tertiary/aromatic N) is 4. The highest BCUT2D eigenvalue weighted by Gasteiger charge is 2.37. The fourth-order valence-electron chi connectivity index (χ4n) is 4.56. The van der Waals surface area contributed by atoms with Gasteiger partial charge in [0.05, 0.1) is 24.3 Å². The van der Waals surface area contributed by atoms with E-state index in [2.05, 4.69) is 22.4 Å². The molecule has 146 valence electrons. The molecule has 2 saturated heterocycles. The van der Waals surface area contributed by atoms with E-state index in [9.17, 15) is 4.79 Å². The number of nitrogens with one attached hydrogen (secondary N) is 1. The Labute approximate surface area is 163 Å². The molecule has 2 aromatic heterocycles. The molecular formula is C21H25N5O2. The number of carbonyl (C=O) groups excluding carboxylic acids is 1. The van der Waals surface area contributed by atoms with Crippen molar-refractivity contribution < 1.29 is 9.53 Å². The fraction of sp³-hybridized carbons (Fsp3) is 0.429. The van der Waals surface area contributed by atoms with Gasteiger partial charge in [0.25, 0.3) is 5.91 Å². The van der Waals surface area contributed by atoms with Gasteiger partial charge in [0.15, 0.2) is 5.82 Å². The van der Waals surface area contributed by atoms with Crippen LogP contribution >= 0.6 is 0 Å². The first-order valence-electron chi connectivity index (χ1n) is 9.81. The van der Waals surface area contributed by atoms with E-state index in [0.717, 1.165) is 42.8 Å². The summed E-state index contributed by atoms with van der Waals surface area (Å²) < 4.78 is 9.44. The van der Waals surface area contributed by atoms with Crippen LogP contribution in [0.3, 0.4) is 0 Å². The van der Waals surface area contributed by atoms with E-state index in [1.165, 1.54) is 0 Å². The lowest BCUT2D eigenvalue weighted by molar-refractivity contribution is -0.0670. The number of aryl methyl sites for hydroxylation is 1. The van der Waals surface area contributed by atoms with Gasteiger partial charge in [0.1, 0.15) is 0 Å². The largest absolute Gasteiger partial charge is 0.378 e. The number of aromatic nitrogens is 3. The van der Waals surface area contributed by atoms with Crippen LogP contribution in [0.15, 0.2) is 42.7 Å². The third kappa shape index (κ3) is 2.91. The summed E-state index contributed by atoms with van der Waals surface area (Å²) >= 11 is 0. The number of likely N-dealkylation sites (N-methyl/N-ethyl adjacent to an activating group) is 1. The van der Waals surface area contributed by atoms with E-state index in [1.807, 2.05) is 54.3 Å². The molecule has 1 N–H and O–H groups in total.